The van der Waals surface area contributed by atoms with Crippen molar-refractivity contribution in [2.45, 2.75) is 19.8 Å². The monoisotopic (exact) mass is 232 g/mol. The van der Waals surface area contributed by atoms with Gasteiger partial charge in [0.1, 0.15) is 17.9 Å². The van der Waals surface area contributed by atoms with E-state index in [1.165, 1.54) is 24.5 Å². The molecular formula is C13H13FN2O. The number of rotatable bonds is 2. The van der Waals surface area contributed by atoms with Crippen LogP contribution in [-0.2, 0) is 0 Å². The number of phenols is 1. The molecule has 88 valence electrons. The first-order valence-corrected chi connectivity index (χ1v) is 5.38. The lowest BCUT2D eigenvalue weighted by Crippen LogP contribution is -1.98. The van der Waals surface area contributed by atoms with Gasteiger partial charge in [-0.25, -0.2) is 14.4 Å². The van der Waals surface area contributed by atoms with Gasteiger partial charge >= 0.3 is 0 Å². The maximum absolute atomic E-state index is 13.2. The quantitative estimate of drug-likeness (QED) is 0.865. The highest BCUT2D eigenvalue weighted by molar-refractivity contribution is 5.71. The van der Waals surface area contributed by atoms with Crippen molar-refractivity contribution in [3.63, 3.8) is 0 Å². The summed E-state index contributed by atoms with van der Waals surface area (Å²) in [5.41, 5.74) is 1.88. The molecule has 0 fully saturated rings. The molecule has 4 heteroatoms. The molecule has 0 aliphatic rings. The van der Waals surface area contributed by atoms with Gasteiger partial charge in [-0.05, 0) is 24.1 Å². The summed E-state index contributed by atoms with van der Waals surface area (Å²) < 4.78 is 13.2. The first-order valence-electron chi connectivity index (χ1n) is 5.38. The molecule has 1 aromatic heterocycles. The lowest BCUT2D eigenvalue weighted by atomic mass is 9.98. The van der Waals surface area contributed by atoms with Gasteiger partial charge in [-0.3, -0.25) is 0 Å². The van der Waals surface area contributed by atoms with Gasteiger partial charge in [-0.15, -0.1) is 0 Å². The van der Waals surface area contributed by atoms with Crippen LogP contribution >= 0.6 is 0 Å². The minimum atomic E-state index is -0.392. The zero-order valence-electron chi connectivity index (χ0n) is 9.68. The van der Waals surface area contributed by atoms with Crippen molar-refractivity contribution >= 4 is 0 Å². The zero-order valence-corrected chi connectivity index (χ0v) is 9.68. The summed E-state index contributed by atoms with van der Waals surface area (Å²) in [5, 5.41) is 9.77. The molecule has 3 nitrogen and oxygen atoms in total. The summed E-state index contributed by atoms with van der Waals surface area (Å²) >= 11 is 0. The Balaban J connectivity index is 2.64. The van der Waals surface area contributed by atoms with E-state index in [-0.39, 0.29) is 11.7 Å². The Bertz CT molecular complexity index is 541. The van der Waals surface area contributed by atoms with Crippen molar-refractivity contribution in [1.29, 1.82) is 0 Å². The van der Waals surface area contributed by atoms with Crippen molar-refractivity contribution in [3.8, 4) is 16.9 Å². The molecule has 0 amide bonds. The summed E-state index contributed by atoms with van der Waals surface area (Å²) in [6, 6.07) is 3.85. The van der Waals surface area contributed by atoms with Crippen molar-refractivity contribution in [2.75, 3.05) is 0 Å². The average molecular weight is 232 g/mol. The molecule has 0 bridgehead atoms. The normalized spacial score (nSPS) is 10.8. The predicted molar refractivity (Wildman–Crippen MR) is 63.2 cm³/mol. The third-order valence-corrected chi connectivity index (χ3v) is 2.54. The van der Waals surface area contributed by atoms with Crippen LogP contribution in [0, 0.1) is 5.82 Å². The first-order chi connectivity index (χ1) is 8.09. The highest BCUT2D eigenvalue weighted by Gasteiger charge is 2.13. The van der Waals surface area contributed by atoms with Gasteiger partial charge in [-0.1, -0.05) is 13.8 Å². The minimum absolute atomic E-state index is 0.0306. The molecule has 0 radical (unpaired) electrons. The molecule has 0 aliphatic carbocycles. The number of halogens is 1. The van der Waals surface area contributed by atoms with E-state index in [1.807, 2.05) is 13.8 Å². The smallest absolute Gasteiger partial charge is 0.124 e. The third-order valence-electron chi connectivity index (χ3n) is 2.54. The van der Waals surface area contributed by atoms with Crippen LogP contribution in [0.4, 0.5) is 4.39 Å². The fraction of sp³-hybridized carbons (Fsp3) is 0.231. The maximum Gasteiger partial charge on any atom is 0.124 e. The summed E-state index contributed by atoms with van der Waals surface area (Å²) in [6.45, 7) is 3.98. The van der Waals surface area contributed by atoms with E-state index in [1.54, 1.807) is 6.20 Å². The van der Waals surface area contributed by atoms with E-state index in [4.69, 9.17) is 0 Å². The third kappa shape index (κ3) is 2.25. The number of aromatic hydroxyl groups is 1. The maximum atomic E-state index is 13.2. The summed E-state index contributed by atoms with van der Waals surface area (Å²) in [4.78, 5) is 8.11. The Morgan fingerprint density at radius 3 is 2.71 bits per heavy atom. The van der Waals surface area contributed by atoms with Crippen molar-refractivity contribution in [3.05, 3.63) is 42.2 Å². The molecule has 1 heterocycles. The second-order valence-corrected chi connectivity index (χ2v) is 4.14. The van der Waals surface area contributed by atoms with Crippen LogP contribution in [0.3, 0.4) is 0 Å². The van der Waals surface area contributed by atoms with Crippen molar-refractivity contribution < 1.29 is 9.50 Å². The topological polar surface area (TPSA) is 46.0 Å². The molecule has 2 aromatic rings. The predicted octanol–water partition coefficient (Wildman–Crippen LogP) is 3.11. The van der Waals surface area contributed by atoms with E-state index in [0.717, 1.165) is 5.69 Å². The van der Waals surface area contributed by atoms with Gasteiger partial charge < -0.3 is 5.11 Å². The molecular weight excluding hydrogens is 219 g/mol. The molecule has 0 saturated heterocycles. The van der Waals surface area contributed by atoms with Gasteiger partial charge in [0.05, 0.1) is 5.69 Å². The molecule has 2 rings (SSSR count). The lowest BCUT2D eigenvalue weighted by molar-refractivity contribution is 0.475. The van der Waals surface area contributed by atoms with Crippen LogP contribution in [0.5, 0.6) is 5.75 Å². The SMILES string of the molecule is CC(C)c1ncncc1-c1cc(F)ccc1O. The standard InChI is InChI=1S/C13H13FN2O/c1-8(2)13-11(6-15-7-16-13)10-5-9(14)3-4-12(10)17/h3-8,17H,1-2H3. The zero-order chi connectivity index (χ0) is 12.4. The first kappa shape index (κ1) is 11.5. The molecule has 0 spiro atoms. The van der Waals surface area contributed by atoms with Gasteiger partial charge in [-0.2, -0.15) is 0 Å². The molecule has 1 N–H and O–H groups in total. The molecule has 0 atom stereocenters. The number of hydrogen-bond acceptors (Lipinski definition) is 3. The fourth-order valence-electron chi connectivity index (χ4n) is 1.73. The van der Waals surface area contributed by atoms with E-state index in [9.17, 15) is 9.50 Å². The minimum Gasteiger partial charge on any atom is -0.507 e. The van der Waals surface area contributed by atoms with Gasteiger partial charge in [0.15, 0.2) is 0 Å². The second kappa shape index (κ2) is 4.49. The van der Waals surface area contributed by atoms with Crippen LogP contribution < -0.4 is 0 Å². The van der Waals surface area contributed by atoms with Crippen molar-refractivity contribution in [2.24, 2.45) is 0 Å². The van der Waals surface area contributed by atoms with Gasteiger partial charge in [0.2, 0.25) is 0 Å². The van der Waals surface area contributed by atoms with Gasteiger partial charge in [0, 0.05) is 17.3 Å². The second-order valence-electron chi connectivity index (χ2n) is 4.14. The van der Waals surface area contributed by atoms with Crippen LogP contribution in [-0.4, -0.2) is 15.1 Å². The van der Waals surface area contributed by atoms with E-state index in [0.29, 0.717) is 11.1 Å². The Labute approximate surface area is 99.0 Å². The molecule has 1 aromatic carbocycles. The van der Waals surface area contributed by atoms with Crippen LogP contribution in [0.1, 0.15) is 25.5 Å². The van der Waals surface area contributed by atoms with Crippen LogP contribution in [0.15, 0.2) is 30.7 Å². The highest BCUT2D eigenvalue weighted by Crippen LogP contribution is 2.33. The largest absolute Gasteiger partial charge is 0.507 e. The van der Waals surface area contributed by atoms with E-state index >= 15 is 0 Å². The summed E-state index contributed by atoms with van der Waals surface area (Å²) in [5.74, 6) is -0.185. The van der Waals surface area contributed by atoms with E-state index < -0.39 is 5.82 Å². The van der Waals surface area contributed by atoms with Crippen LogP contribution in [0.2, 0.25) is 0 Å². The highest BCUT2D eigenvalue weighted by atomic mass is 19.1. The molecule has 0 aliphatic heterocycles. The summed E-state index contributed by atoms with van der Waals surface area (Å²) in [7, 11) is 0. The number of benzene rings is 1. The van der Waals surface area contributed by atoms with Gasteiger partial charge in [0.25, 0.3) is 0 Å². The molecule has 0 saturated carbocycles. The number of phenolic OH excluding ortho intramolecular Hbond substituents is 1. The fourth-order valence-corrected chi connectivity index (χ4v) is 1.73. The Morgan fingerprint density at radius 2 is 2.00 bits per heavy atom. The Hall–Kier alpha value is -1.97. The average Bonchev–Trinajstić information content (AvgIpc) is 2.32. The van der Waals surface area contributed by atoms with E-state index in [2.05, 4.69) is 9.97 Å². The lowest BCUT2D eigenvalue weighted by Gasteiger charge is -2.11. The number of aromatic nitrogens is 2. The van der Waals surface area contributed by atoms with Crippen LogP contribution in [0.25, 0.3) is 11.1 Å². The number of hydrogen-bond donors (Lipinski definition) is 1. The number of nitrogens with zero attached hydrogens (tertiary/aromatic N) is 2. The Kier molecular flexibility index (Phi) is 3.04. The summed E-state index contributed by atoms with van der Waals surface area (Å²) in [6.07, 6.45) is 3.05. The Morgan fingerprint density at radius 1 is 1.24 bits per heavy atom. The molecule has 0 unspecified atom stereocenters. The molecule has 17 heavy (non-hydrogen) atoms. The van der Waals surface area contributed by atoms with Crippen molar-refractivity contribution in [1.82, 2.24) is 9.97 Å².